The van der Waals surface area contributed by atoms with Crippen LogP contribution >= 0.6 is 11.6 Å². The number of benzene rings is 2. The summed E-state index contributed by atoms with van der Waals surface area (Å²) in [6.45, 7) is 3.75. The Morgan fingerprint density at radius 1 is 1.28 bits per heavy atom. The van der Waals surface area contributed by atoms with Gasteiger partial charge in [0, 0.05) is 24.9 Å². The highest BCUT2D eigenvalue weighted by atomic mass is 35.5. The van der Waals surface area contributed by atoms with Gasteiger partial charge < -0.3 is 15.4 Å². The third-order valence-corrected chi connectivity index (χ3v) is 4.78. The summed E-state index contributed by atoms with van der Waals surface area (Å²) in [7, 11) is 0. The normalized spacial score (nSPS) is 18.1. The number of nitrogens with one attached hydrogen (secondary N) is 2. The minimum atomic E-state index is -0.205. The number of amides is 1. The number of rotatable bonds is 6. The quantitative estimate of drug-likeness (QED) is 0.811. The molecule has 3 rings (SSSR count). The zero-order chi connectivity index (χ0) is 17.6. The molecule has 1 aliphatic heterocycles. The molecule has 2 aromatic carbocycles. The third kappa shape index (κ3) is 4.82. The average Bonchev–Trinajstić information content (AvgIpc) is 3.15. The first-order valence-electron chi connectivity index (χ1n) is 8.63. The van der Waals surface area contributed by atoms with E-state index >= 15 is 0 Å². The lowest BCUT2D eigenvalue weighted by Crippen LogP contribution is -2.36. The third-order valence-electron chi connectivity index (χ3n) is 4.45. The van der Waals surface area contributed by atoms with Gasteiger partial charge in [0.05, 0.1) is 16.7 Å². The fourth-order valence-corrected chi connectivity index (χ4v) is 3.23. The summed E-state index contributed by atoms with van der Waals surface area (Å²) in [6, 6.07) is 15.2. The fraction of sp³-hybridized carbons (Fsp3) is 0.350. The lowest BCUT2D eigenvalue weighted by atomic mass is 10.1. The van der Waals surface area contributed by atoms with Crippen molar-refractivity contribution in [3.8, 4) is 0 Å². The molecule has 1 aliphatic rings. The standard InChI is InChI=1S/C20H23ClN2O2/c1-14(19-10-5-11-25-19)22-13-15-6-4-7-16(12-15)23-20(24)17-8-2-3-9-18(17)21/h2-4,6-9,12,14,19,22H,5,10-11,13H2,1H3,(H,23,24). The predicted octanol–water partition coefficient (Wildman–Crippen LogP) is 4.25. The molecule has 2 aromatic rings. The molecule has 2 unspecified atom stereocenters. The molecule has 4 nitrogen and oxygen atoms in total. The first-order valence-corrected chi connectivity index (χ1v) is 9.01. The number of ether oxygens (including phenoxy) is 1. The van der Waals surface area contributed by atoms with Crippen molar-refractivity contribution in [3.05, 3.63) is 64.7 Å². The van der Waals surface area contributed by atoms with Crippen LogP contribution in [0.1, 0.15) is 35.7 Å². The van der Waals surface area contributed by atoms with Crippen molar-refractivity contribution in [1.29, 1.82) is 0 Å². The Labute approximate surface area is 153 Å². The zero-order valence-corrected chi connectivity index (χ0v) is 15.1. The topological polar surface area (TPSA) is 50.4 Å². The van der Waals surface area contributed by atoms with Gasteiger partial charge in [0.25, 0.3) is 5.91 Å². The van der Waals surface area contributed by atoms with E-state index < -0.39 is 0 Å². The summed E-state index contributed by atoms with van der Waals surface area (Å²) < 4.78 is 5.71. The molecule has 132 valence electrons. The molecule has 2 N–H and O–H groups in total. The lowest BCUT2D eigenvalue weighted by molar-refractivity contribution is 0.0832. The molecule has 0 bridgehead atoms. The Morgan fingerprint density at radius 2 is 2.12 bits per heavy atom. The smallest absolute Gasteiger partial charge is 0.257 e. The van der Waals surface area contributed by atoms with Gasteiger partial charge in [-0.25, -0.2) is 0 Å². The maximum absolute atomic E-state index is 12.4. The minimum absolute atomic E-state index is 0.205. The maximum Gasteiger partial charge on any atom is 0.257 e. The first kappa shape index (κ1) is 17.9. The van der Waals surface area contributed by atoms with E-state index in [-0.39, 0.29) is 5.91 Å². The van der Waals surface area contributed by atoms with Crippen molar-refractivity contribution in [2.24, 2.45) is 0 Å². The Bertz CT molecular complexity index is 729. The number of hydrogen-bond acceptors (Lipinski definition) is 3. The van der Waals surface area contributed by atoms with Crippen LogP contribution in [0.5, 0.6) is 0 Å². The molecular weight excluding hydrogens is 336 g/mol. The van der Waals surface area contributed by atoms with Crippen molar-refractivity contribution in [3.63, 3.8) is 0 Å². The molecule has 0 saturated carbocycles. The lowest BCUT2D eigenvalue weighted by Gasteiger charge is -2.20. The highest BCUT2D eigenvalue weighted by Gasteiger charge is 2.21. The van der Waals surface area contributed by atoms with Crippen molar-refractivity contribution in [2.75, 3.05) is 11.9 Å². The number of halogens is 1. The van der Waals surface area contributed by atoms with Crippen LogP contribution < -0.4 is 10.6 Å². The van der Waals surface area contributed by atoms with Crippen molar-refractivity contribution in [2.45, 2.75) is 38.5 Å². The second-order valence-corrected chi connectivity index (χ2v) is 6.76. The van der Waals surface area contributed by atoms with E-state index in [4.69, 9.17) is 16.3 Å². The van der Waals surface area contributed by atoms with Crippen LogP contribution in [0, 0.1) is 0 Å². The predicted molar refractivity (Wildman–Crippen MR) is 101 cm³/mol. The van der Waals surface area contributed by atoms with E-state index in [0.29, 0.717) is 22.7 Å². The molecule has 5 heteroatoms. The van der Waals surface area contributed by atoms with Crippen LogP contribution in [-0.2, 0) is 11.3 Å². The van der Waals surface area contributed by atoms with Crippen LogP contribution in [-0.4, -0.2) is 24.7 Å². The van der Waals surface area contributed by atoms with Gasteiger partial charge in [-0.2, -0.15) is 0 Å². The summed E-state index contributed by atoms with van der Waals surface area (Å²) in [5.41, 5.74) is 2.34. The van der Waals surface area contributed by atoms with Crippen molar-refractivity contribution >= 4 is 23.2 Å². The van der Waals surface area contributed by atoms with Crippen LogP contribution in [0.3, 0.4) is 0 Å². The molecule has 1 saturated heterocycles. The molecule has 25 heavy (non-hydrogen) atoms. The zero-order valence-electron chi connectivity index (χ0n) is 14.3. The largest absolute Gasteiger partial charge is 0.377 e. The van der Waals surface area contributed by atoms with E-state index in [0.717, 1.165) is 37.2 Å². The molecule has 1 heterocycles. The monoisotopic (exact) mass is 358 g/mol. The van der Waals surface area contributed by atoms with Crippen LogP contribution in [0.4, 0.5) is 5.69 Å². The van der Waals surface area contributed by atoms with Gasteiger partial charge in [-0.1, -0.05) is 35.9 Å². The molecule has 0 spiro atoms. The van der Waals surface area contributed by atoms with Crippen molar-refractivity contribution in [1.82, 2.24) is 5.32 Å². The molecular formula is C20H23ClN2O2. The van der Waals surface area contributed by atoms with E-state index in [1.807, 2.05) is 24.3 Å². The average molecular weight is 359 g/mol. The maximum atomic E-state index is 12.4. The summed E-state index contributed by atoms with van der Waals surface area (Å²) in [5, 5.41) is 6.86. The molecule has 0 aliphatic carbocycles. The van der Waals surface area contributed by atoms with Gasteiger partial charge in [-0.3, -0.25) is 4.79 Å². The highest BCUT2D eigenvalue weighted by molar-refractivity contribution is 6.34. The first-order chi connectivity index (χ1) is 12.1. The van der Waals surface area contributed by atoms with Gasteiger partial charge in [0.1, 0.15) is 0 Å². The molecule has 0 radical (unpaired) electrons. The van der Waals surface area contributed by atoms with Gasteiger partial charge >= 0.3 is 0 Å². The van der Waals surface area contributed by atoms with E-state index in [2.05, 4.69) is 17.6 Å². The number of anilines is 1. The summed E-state index contributed by atoms with van der Waals surface area (Å²) >= 11 is 6.08. The molecule has 2 atom stereocenters. The van der Waals surface area contributed by atoms with Gasteiger partial charge in [-0.05, 0) is 49.6 Å². The Morgan fingerprint density at radius 3 is 2.88 bits per heavy atom. The number of carbonyl (C=O) groups excluding carboxylic acids is 1. The molecule has 1 amide bonds. The van der Waals surface area contributed by atoms with E-state index in [1.165, 1.54) is 0 Å². The molecule has 1 fully saturated rings. The minimum Gasteiger partial charge on any atom is -0.377 e. The second kappa shape index (κ2) is 8.48. The number of hydrogen-bond donors (Lipinski definition) is 2. The second-order valence-electron chi connectivity index (χ2n) is 6.36. The van der Waals surface area contributed by atoms with Crippen LogP contribution in [0.15, 0.2) is 48.5 Å². The molecule has 0 aromatic heterocycles. The van der Waals surface area contributed by atoms with E-state index in [1.54, 1.807) is 24.3 Å². The highest BCUT2D eigenvalue weighted by Crippen LogP contribution is 2.19. The SMILES string of the molecule is CC(NCc1cccc(NC(=O)c2ccccc2Cl)c1)C1CCCO1. The Balaban J connectivity index is 1.59. The van der Waals surface area contributed by atoms with Crippen molar-refractivity contribution < 1.29 is 9.53 Å². The van der Waals surface area contributed by atoms with Crippen LogP contribution in [0.2, 0.25) is 5.02 Å². The van der Waals surface area contributed by atoms with Gasteiger partial charge in [0.2, 0.25) is 0 Å². The van der Waals surface area contributed by atoms with Crippen LogP contribution in [0.25, 0.3) is 0 Å². The van der Waals surface area contributed by atoms with Gasteiger partial charge in [-0.15, -0.1) is 0 Å². The summed E-state index contributed by atoms with van der Waals surface area (Å²) in [4.78, 5) is 12.4. The van der Waals surface area contributed by atoms with E-state index in [9.17, 15) is 4.79 Å². The Hall–Kier alpha value is -1.88. The van der Waals surface area contributed by atoms with Gasteiger partial charge in [0.15, 0.2) is 0 Å². The fourth-order valence-electron chi connectivity index (χ4n) is 3.01. The Kier molecular flexibility index (Phi) is 6.08. The number of carbonyl (C=O) groups is 1. The summed E-state index contributed by atoms with van der Waals surface area (Å²) in [5.74, 6) is -0.205. The summed E-state index contributed by atoms with van der Waals surface area (Å²) in [6.07, 6.45) is 2.55.